The molecule has 3 aromatic rings. The molecule has 0 fully saturated rings. The fourth-order valence-corrected chi connectivity index (χ4v) is 3.25. The molecule has 7 nitrogen and oxygen atoms in total. The predicted octanol–water partition coefficient (Wildman–Crippen LogP) is 7.03. The molecule has 1 aromatic heterocycles. The molecule has 36 heavy (non-hydrogen) atoms. The maximum absolute atomic E-state index is 12.1. The first-order chi connectivity index (χ1) is 17.5. The summed E-state index contributed by atoms with van der Waals surface area (Å²) < 4.78 is 21.2. The van der Waals surface area contributed by atoms with E-state index in [1.54, 1.807) is 25.1 Å². The third kappa shape index (κ3) is 7.57. The number of benzene rings is 2. The van der Waals surface area contributed by atoms with E-state index in [0.717, 1.165) is 0 Å². The molecule has 0 aliphatic carbocycles. The van der Waals surface area contributed by atoms with E-state index in [1.165, 1.54) is 14.2 Å². The Kier molecular flexibility index (Phi) is 13.3. The van der Waals surface area contributed by atoms with E-state index in [2.05, 4.69) is 5.16 Å². The van der Waals surface area contributed by atoms with Crippen LogP contribution >= 0.6 is 0 Å². The molecule has 194 valence electrons. The summed E-state index contributed by atoms with van der Waals surface area (Å²) in [5, 5.41) is 4.21. The number of aromatic nitrogens is 1. The van der Waals surface area contributed by atoms with Gasteiger partial charge in [-0.25, -0.2) is 9.59 Å². The van der Waals surface area contributed by atoms with Crippen molar-refractivity contribution in [2.24, 2.45) is 0 Å². The molecule has 0 saturated carbocycles. The zero-order valence-electron chi connectivity index (χ0n) is 22.5. The van der Waals surface area contributed by atoms with E-state index >= 15 is 0 Å². The molecular formula is C29H37NO6. The molecule has 1 heterocycles. The van der Waals surface area contributed by atoms with Gasteiger partial charge in [-0.15, -0.1) is 0 Å². The largest absolute Gasteiger partial charge is 0.488 e. The number of aryl methyl sites for hydroxylation is 1. The average molecular weight is 496 g/mol. The van der Waals surface area contributed by atoms with Crippen LogP contribution in [0.25, 0.3) is 17.3 Å². The van der Waals surface area contributed by atoms with Gasteiger partial charge >= 0.3 is 11.9 Å². The Hall–Kier alpha value is -3.87. The second-order valence-electron chi connectivity index (χ2n) is 6.95. The monoisotopic (exact) mass is 495 g/mol. The van der Waals surface area contributed by atoms with Crippen LogP contribution in [0.3, 0.4) is 0 Å². The van der Waals surface area contributed by atoms with Crippen LogP contribution in [0.4, 0.5) is 0 Å². The number of hydrogen-bond acceptors (Lipinski definition) is 7. The second kappa shape index (κ2) is 15.9. The summed E-state index contributed by atoms with van der Waals surface area (Å²) >= 11 is 0. The summed E-state index contributed by atoms with van der Waals surface area (Å²) in [5.41, 5.74) is 3.58. The van der Waals surface area contributed by atoms with Gasteiger partial charge in [-0.05, 0) is 37.6 Å². The lowest BCUT2D eigenvalue weighted by atomic mass is 10.0. The molecule has 0 N–H and O–H groups in total. The Morgan fingerprint density at radius 2 is 1.58 bits per heavy atom. The van der Waals surface area contributed by atoms with Crippen molar-refractivity contribution in [3.63, 3.8) is 0 Å². The summed E-state index contributed by atoms with van der Waals surface area (Å²) in [4.78, 5) is 24.1. The first-order valence-electron chi connectivity index (χ1n) is 12.1. The molecule has 0 aliphatic rings. The zero-order chi connectivity index (χ0) is 27.1. The van der Waals surface area contributed by atoms with Crippen LogP contribution in [0.5, 0.6) is 5.75 Å². The summed E-state index contributed by atoms with van der Waals surface area (Å²) in [5.74, 6) is 0.307. The van der Waals surface area contributed by atoms with Crippen molar-refractivity contribution in [2.45, 2.75) is 54.6 Å². The highest BCUT2D eigenvalue weighted by molar-refractivity contribution is 5.95. The number of para-hydroxylation sites is 1. The summed E-state index contributed by atoms with van der Waals surface area (Å²) in [6.45, 7) is 11.8. The number of esters is 2. The number of carbonyl (C=O) groups excluding carboxylic acids is 2. The van der Waals surface area contributed by atoms with Crippen molar-refractivity contribution in [3.8, 4) is 17.0 Å². The third-order valence-corrected chi connectivity index (χ3v) is 5.00. The lowest BCUT2D eigenvalue weighted by molar-refractivity contribution is -0.136. The summed E-state index contributed by atoms with van der Waals surface area (Å²) in [6, 6.07) is 14.5. The Morgan fingerprint density at radius 1 is 0.944 bits per heavy atom. The van der Waals surface area contributed by atoms with Crippen LogP contribution in [0.15, 0.2) is 58.6 Å². The highest BCUT2D eigenvalue weighted by Gasteiger charge is 2.19. The van der Waals surface area contributed by atoms with Gasteiger partial charge in [-0.2, -0.15) is 0 Å². The first-order valence-corrected chi connectivity index (χ1v) is 12.1. The van der Waals surface area contributed by atoms with E-state index in [4.69, 9.17) is 18.7 Å². The maximum Gasteiger partial charge on any atom is 0.338 e. The number of rotatable bonds is 8. The minimum atomic E-state index is -0.424. The van der Waals surface area contributed by atoms with Crippen molar-refractivity contribution in [2.75, 3.05) is 14.2 Å². The van der Waals surface area contributed by atoms with E-state index < -0.39 is 11.9 Å². The fourth-order valence-electron chi connectivity index (χ4n) is 3.25. The van der Waals surface area contributed by atoms with Gasteiger partial charge in [0.2, 0.25) is 0 Å². The number of methoxy groups -OCH3 is 2. The number of nitrogens with zero attached hydrogens (tertiary/aromatic N) is 1. The number of carbonyl (C=O) groups is 2. The molecule has 0 radical (unpaired) electrons. The van der Waals surface area contributed by atoms with Crippen LogP contribution in [-0.2, 0) is 20.9 Å². The van der Waals surface area contributed by atoms with Gasteiger partial charge in [-0.1, -0.05) is 70.1 Å². The molecule has 0 aliphatic heterocycles. The molecule has 0 saturated heterocycles. The highest BCUT2D eigenvalue weighted by atomic mass is 16.5. The van der Waals surface area contributed by atoms with Gasteiger partial charge in [0.15, 0.2) is 0 Å². The van der Waals surface area contributed by atoms with Crippen molar-refractivity contribution in [3.05, 3.63) is 76.6 Å². The standard InChI is InChI=1S/C25H25NO6.2C2H6/c1-5-17(24(27)29-3)14-21-16(2)32-26-23(21)20-12-8-9-13-22(20)31-15-18-10-6-7-11-19(18)25(28)30-4;2*1-2/h6-14H,5,15H2,1-4H3;2*1-2H3/b17-14+;;. The molecule has 7 heteroatoms. The first kappa shape index (κ1) is 30.2. The Morgan fingerprint density at radius 3 is 2.22 bits per heavy atom. The van der Waals surface area contributed by atoms with Crippen molar-refractivity contribution < 1.29 is 28.3 Å². The highest BCUT2D eigenvalue weighted by Crippen LogP contribution is 2.35. The van der Waals surface area contributed by atoms with Crippen LogP contribution in [0.1, 0.15) is 68.3 Å². The Balaban J connectivity index is 0.00000154. The molecule has 0 atom stereocenters. The van der Waals surface area contributed by atoms with E-state index in [9.17, 15) is 9.59 Å². The van der Waals surface area contributed by atoms with Crippen LogP contribution in [-0.4, -0.2) is 31.3 Å². The fraction of sp³-hybridized carbons (Fsp3) is 0.345. The second-order valence-corrected chi connectivity index (χ2v) is 6.95. The minimum absolute atomic E-state index is 0.159. The smallest absolute Gasteiger partial charge is 0.338 e. The van der Waals surface area contributed by atoms with Crippen molar-refractivity contribution in [1.29, 1.82) is 0 Å². The van der Waals surface area contributed by atoms with Gasteiger partial charge in [0, 0.05) is 22.3 Å². The summed E-state index contributed by atoms with van der Waals surface area (Å²) in [6.07, 6.45) is 2.23. The molecule has 0 bridgehead atoms. The lowest BCUT2D eigenvalue weighted by Gasteiger charge is -2.13. The SMILES string of the molecule is CC.CC.CC/C(=C\c1c(-c2ccccc2OCc2ccccc2C(=O)OC)noc1C)C(=O)OC. The van der Waals surface area contributed by atoms with Gasteiger partial charge in [0.05, 0.1) is 19.8 Å². The number of ether oxygens (including phenoxy) is 3. The van der Waals surface area contributed by atoms with Crippen LogP contribution < -0.4 is 4.74 Å². The molecule has 3 rings (SSSR count). The molecule has 0 amide bonds. The average Bonchev–Trinajstić information content (AvgIpc) is 3.31. The topological polar surface area (TPSA) is 87.9 Å². The quantitative estimate of drug-likeness (QED) is 0.245. The van der Waals surface area contributed by atoms with Gasteiger partial charge in [0.1, 0.15) is 23.8 Å². The van der Waals surface area contributed by atoms with Crippen LogP contribution in [0, 0.1) is 6.92 Å². The van der Waals surface area contributed by atoms with Gasteiger partial charge in [-0.3, -0.25) is 0 Å². The lowest BCUT2D eigenvalue weighted by Crippen LogP contribution is -2.08. The van der Waals surface area contributed by atoms with Gasteiger partial charge < -0.3 is 18.7 Å². The minimum Gasteiger partial charge on any atom is -0.488 e. The Labute approximate surface area is 214 Å². The van der Waals surface area contributed by atoms with Crippen LogP contribution in [0.2, 0.25) is 0 Å². The maximum atomic E-state index is 12.1. The molecular weight excluding hydrogens is 458 g/mol. The number of hydrogen-bond donors (Lipinski definition) is 0. The van der Waals surface area contributed by atoms with E-state index in [0.29, 0.717) is 51.5 Å². The molecule has 0 unspecified atom stereocenters. The molecule has 0 spiro atoms. The van der Waals surface area contributed by atoms with Gasteiger partial charge in [0.25, 0.3) is 0 Å². The molecule has 2 aromatic carbocycles. The third-order valence-electron chi connectivity index (χ3n) is 5.00. The Bertz CT molecular complexity index is 1150. The van der Waals surface area contributed by atoms with E-state index in [-0.39, 0.29) is 6.61 Å². The predicted molar refractivity (Wildman–Crippen MR) is 142 cm³/mol. The van der Waals surface area contributed by atoms with Crippen molar-refractivity contribution in [1.82, 2.24) is 5.16 Å². The van der Waals surface area contributed by atoms with E-state index in [1.807, 2.05) is 71.0 Å². The normalized spacial score (nSPS) is 10.3. The summed E-state index contributed by atoms with van der Waals surface area (Å²) in [7, 11) is 2.69. The zero-order valence-corrected chi connectivity index (χ0v) is 22.5. The van der Waals surface area contributed by atoms with Crippen molar-refractivity contribution >= 4 is 18.0 Å².